The van der Waals surface area contributed by atoms with E-state index in [0.29, 0.717) is 43.0 Å². The first-order valence-electron chi connectivity index (χ1n) is 10.1. The fourth-order valence-electron chi connectivity index (χ4n) is 3.48. The van der Waals surface area contributed by atoms with E-state index in [-0.39, 0.29) is 17.9 Å². The molecule has 0 saturated carbocycles. The molecule has 1 heterocycles. The Morgan fingerprint density at radius 2 is 1.79 bits per heavy atom. The van der Waals surface area contributed by atoms with Crippen molar-refractivity contribution in [2.75, 3.05) is 19.7 Å². The highest BCUT2D eigenvalue weighted by Crippen LogP contribution is 2.19. The maximum absolute atomic E-state index is 12.6. The number of likely N-dealkylation sites (tertiary alicyclic amines) is 1. The molecule has 2 amide bonds. The molecule has 6 heteroatoms. The van der Waals surface area contributed by atoms with Crippen LogP contribution in [0, 0.1) is 6.92 Å². The van der Waals surface area contributed by atoms with Gasteiger partial charge >= 0.3 is 0 Å². The number of ether oxygens (including phenoxy) is 1. The smallest absolute Gasteiger partial charge is 0.254 e. The van der Waals surface area contributed by atoms with Gasteiger partial charge in [0.1, 0.15) is 5.75 Å². The summed E-state index contributed by atoms with van der Waals surface area (Å²) in [5.41, 5.74) is 1.73. The molecule has 0 unspecified atom stereocenters. The summed E-state index contributed by atoms with van der Waals surface area (Å²) in [6.45, 7) is 3.81. The third-order valence-corrected chi connectivity index (χ3v) is 5.57. The highest BCUT2D eigenvalue weighted by molar-refractivity contribution is 7.80. The van der Waals surface area contributed by atoms with Crippen molar-refractivity contribution in [1.82, 2.24) is 10.2 Å². The molecular formula is C23H28N2O3S. The first-order valence-corrected chi connectivity index (χ1v) is 10.5. The summed E-state index contributed by atoms with van der Waals surface area (Å²) in [6, 6.07) is 15.3. The number of para-hydroxylation sites is 1. The van der Waals surface area contributed by atoms with Gasteiger partial charge in [-0.15, -0.1) is 12.6 Å². The minimum Gasteiger partial charge on any atom is -0.493 e. The van der Waals surface area contributed by atoms with Crippen LogP contribution < -0.4 is 10.1 Å². The van der Waals surface area contributed by atoms with Crippen molar-refractivity contribution in [2.45, 2.75) is 43.5 Å². The normalized spacial score (nSPS) is 14.5. The Balaban J connectivity index is 1.36. The van der Waals surface area contributed by atoms with Gasteiger partial charge in [0.25, 0.3) is 5.91 Å². The molecule has 0 aliphatic carbocycles. The van der Waals surface area contributed by atoms with Crippen LogP contribution in [0.2, 0.25) is 0 Å². The van der Waals surface area contributed by atoms with Crippen LogP contribution in [0.25, 0.3) is 0 Å². The van der Waals surface area contributed by atoms with Crippen LogP contribution in [-0.2, 0) is 4.79 Å². The van der Waals surface area contributed by atoms with E-state index in [9.17, 15) is 9.59 Å². The minimum absolute atomic E-state index is 0.00808. The fraction of sp³-hybridized carbons (Fsp3) is 0.391. The summed E-state index contributed by atoms with van der Waals surface area (Å²) >= 11 is 4.37. The van der Waals surface area contributed by atoms with Crippen LogP contribution in [0.3, 0.4) is 0 Å². The lowest BCUT2D eigenvalue weighted by Gasteiger charge is -2.32. The number of carbonyl (C=O) groups excluding carboxylic acids is 2. The number of piperidine rings is 1. The van der Waals surface area contributed by atoms with Gasteiger partial charge in [-0.1, -0.05) is 30.3 Å². The molecule has 29 heavy (non-hydrogen) atoms. The summed E-state index contributed by atoms with van der Waals surface area (Å²) in [4.78, 5) is 27.4. The molecule has 1 saturated heterocycles. The third kappa shape index (κ3) is 6.00. The summed E-state index contributed by atoms with van der Waals surface area (Å²) in [5, 5.41) is 3.09. The van der Waals surface area contributed by atoms with Crippen LogP contribution in [-0.4, -0.2) is 42.5 Å². The molecule has 0 aromatic heterocycles. The molecule has 154 valence electrons. The molecule has 1 fully saturated rings. The lowest BCUT2D eigenvalue weighted by Crippen LogP contribution is -2.46. The lowest BCUT2D eigenvalue weighted by atomic mass is 10.0. The fourth-order valence-corrected chi connectivity index (χ4v) is 3.74. The Labute approximate surface area is 177 Å². The molecule has 0 atom stereocenters. The number of hydrogen-bond acceptors (Lipinski definition) is 4. The van der Waals surface area contributed by atoms with Gasteiger partial charge in [0, 0.05) is 30.4 Å². The zero-order chi connectivity index (χ0) is 20.6. The monoisotopic (exact) mass is 412 g/mol. The van der Waals surface area contributed by atoms with Gasteiger partial charge in [0.15, 0.2) is 0 Å². The predicted molar refractivity (Wildman–Crippen MR) is 117 cm³/mol. The molecule has 0 radical (unpaired) electrons. The van der Waals surface area contributed by atoms with Crippen molar-refractivity contribution < 1.29 is 14.3 Å². The first-order chi connectivity index (χ1) is 14.0. The van der Waals surface area contributed by atoms with E-state index in [0.717, 1.165) is 24.2 Å². The highest BCUT2D eigenvalue weighted by atomic mass is 32.1. The molecule has 3 rings (SSSR count). The summed E-state index contributed by atoms with van der Waals surface area (Å²) in [7, 11) is 0. The number of nitrogens with zero attached hydrogens (tertiary/aromatic N) is 1. The van der Waals surface area contributed by atoms with Crippen molar-refractivity contribution in [1.29, 1.82) is 0 Å². The van der Waals surface area contributed by atoms with Crippen LogP contribution in [0.5, 0.6) is 5.75 Å². The SMILES string of the molecule is Cc1ccccc1OCCCC(=O)NC1CCN(C(=O)c2ccccc2S)CC1. The lowest BCUT2D eigenvalue weighted by molar-refractivity contribution is -0.122. The Hall–Kier alpha value is -2.47. The number of hydrogen-bond donors (Lipinski definition) is 2. The molecule has 1 N–H and O–H groups in total. The van der Waals surface area contributed by atoms with Gasteiger partial charge in [0.05, 0.1) is 12.2 Å². The number of rotatable bonds is 7. The highest BCUT2D eigenvalue weighted by Gasteiger charge is 2.25. The van der Waals surface area contributed by atoms with Crippen LogP contribution in [0.1, 0.15) is 41.6 Å². The van der Waals surface area contributed by atoms with Gasteiger partial charge in [-0.25, -0.2) is 0 Å². The summed E-state index contributed by atoms with van der Waals surface area (Å²) in [5.74, 6) is 0.922. The number of aryl methyl sites for hydroxylation is 1. The Morgan fingerprint density at radius 1 is 1.10 bits per heavy atom. The van der Waals surface area contributed by atoms with Crippen LogP contribution in [0.15, 0.2) is 53.4 Å². The number of carbonyl (C=O) groups is 2. The van der Waals surface area contributed by atoms with Gasteiger partial charge in [-0.2, -0.15) is 0 Å². The Morgan fingerprint density at radius 3 is 2.52 bits per heavy atom. The number of benzene rings is 2. The van der Waals surface area contributed by atoms with Crippen LogP contribution in [0.4, 0.5) is 0 Å². The molecular weight excluding hydrogens is 384 g/mol. The average molecular weight is 413 g/mol. The molecule has 2 aromatic rings. The largest absolute Gasteiger partial charge is 0.493 e. The maximum Gasteiger partial charge on any atom is 0.254 e. The van der Waals surface area contributed by atoms with Gasteiger partial charge in [0.2, 0.25) is 5.91 Å². The molecule has 0 bridgehead atoms. The van der Waals surface area contributed by atoms with E-state index in [1.54, 1.807) is 6.07 Å². The van der Waals surface area contributed by atoms with E-state index >= 15 is 0 Å². The molecule has 1 aliphatic rings. The van der Waals surface area contributed by atoms with E-state index in [1.165, 1.54) is 0 Å². The van der Waals surface area contributed by atoms with Crippen molar-refractivity contribution in [3.8, 4) is 5.75 Å². The second-order valence-corrected chi connectivity index (χ2v) is 7.85. The summed E-state index contributed by atoms with van der Waals surface area (Å²) < 4.78 is 5.74. The number of nitrogens with one attached hydrogen (secondary N) is 1. The van der Waals surface area contributed by atoms with E-state index in [2.05, 4.69) is 17.9 Å². The minimum atomic E-state index is 0.00808. The maximum atomic E-state index is 12.6. The first kappa shape index (κ1) is 21.2. The zero-order valence-electron chi connectivity index (χ0n) is 16.8. The van der Waals surface area contributed by atoms with Crippen molar-refractivity contribution in [2.24, 2.45) is 0 Å². The van der Waals surface area contributed by atoms with Crippen molar-refractivity contribution in [3.05, 3.63) is 59.7 Å². The van der Waals surface area contributed by atoms with Gasteiger partial charge < -0.3 is 15.0 Å². The van der Waals surface area contributed by atoms with Crippen molar-refractivity contribution in [3.63, 3.8) is 0 Å². The van der Waals surface area contributed by atoms with Gasteiger partial charge in [-0.05, 0) is 49.9 Å². The molecule has 5 nitrogen and oxygen atoms in total. The predicted octanol–water partition coefficient (Wildman–Crippen LogP) is 3.86. The second kappa shape index (κ2) is 10.3. The van der Waals surface area contributed by atoms with E-state index < -0.39 is 0 Å². The number of thiol groups is 1. The van der Waals surface area contributed by atoms with Crippen molar-refractivity contribution >= 4 is 24.4 Å². The quantitative estimate of drug-likeness (QED) is 0.536. The topological polar surface area (TPSA) is 58.6 Å². The van der Waals surface area contributed by atoms with E-state index in [1.807, 2.05) is 54.3 Å². The zero-order valence-corrected chi connectivity index (χ0v) is 17.7. The standard InChI is InChI=1S/C23H28N2O3S/c1-17-7-2-4-9-20(17)28-16-6-11-22(26)24-18-12-14-25(15-13-18)23(27)19-8-3-5-10-21(19)29/h2-5,7-10,18,29H,6,11-16H2,1H3,(H,24,26). The van der Waals surface area contributed by atoms with E-state index in [4.69, 9.17) is 4.74 Å². The number of amides is 2. The Kier molecular flexibility index (Phi) is 7.58. The third-order valence-electron chi connectivity index (χ3n) is 5.18. The Bertz CT molecular complexity index is 848. The average Bonchev–Trinajstić information content (AvgIpc) is 2.73. The summed E-state index contributed by atoms with van der Waals surface area (Å²) in [6.07, 6.45) is 2.66. The molecule has 1 aliphatic heterocycles. The molecule has 0 spiro atoms. The molecule has 2 aromatic carbocycles. The van der Waals surface area contributed by atoms with Crippen LogP contribution >= 0.6 is 12.6 Å². The second-order valence-electron chi connectivity index (χ2n) is 7.37. The van der Waals surface area contributed by atoms with Gasteiger partial charge in [-0.3, -0.25) is 9.59 Å².